The Bertz CT molecular complexity index is 1260. The summed E-state index contributed by atoms with van der Waals surface area (Å²) in [6.45, 7) is 5.36. The van der Waals surface area contributed by atoms with Crippen LogP contribution in [0.25, 0.3) is 6.08 Å². The molecule has 0 radical (unpaired) electrons. The molecule has 37 heavy (non-hydrogen) atoms. The molecule has 1 aliphatic heterocycles. The fourth-order valence-electron chi connectivity index (χ4n) is 3.27. The molecule has 2 aromatic rings. The third-order valence-corrected chi connectivity index (χ3v) is 7.14. The van der Waals surface area contributed by atoms with Crippen molar-refractivity contribution in [3.05, 3.63) is 49.9 Å². The number of methoxy groups -OCH3 is 1. The lowest BCUT2D eigenvalue weighted by Gasteiger charge is -2.19. The topological polar surface area (TPSA) is 134 Å². The normalized spacial score (nSPS) is 15.0. The lowest BCUT2D eigenvalue weighted by molar-refractivity contribution is -0.150. The van der Waals surface area contributed by atoms with Crippen LogP contribution in [-0.4, -0.2) is 55.2 Å². The van der Waals surface area contributed by atoms with E-state index in [4.69, 9.17) is 18.6 Å². The molecule has 1 aliphatic rings. The van der Waals surface area contributed by atoms with Crippen LogP contribution in [0.15, 0.2) is 37.3 Å². The number of furan rings is 1. The van der Waals surface area contributed by atoms with Crippen LogP contribution < -0.4 is 14.8 Å². The van der Waals surface area contributed by atoms with Gasteiger partial charge in [-0.1, -0.05) is 0 Å². The summed E-state index contributed by atoms with van der Waals surface area (Å²) >= 11 is 6.92. The summed E-state index contributed by atoms with van der Waals surface area (Å²) in [5.41, 5.74) is 0.497. The molecule has 1 atom stereocenters. The molecule has 1 N–H and O–H groups in total. The number of imide groups is 1. The Morgan fingerprint density at radius 2 is 1.89 bits per heavy atom. The molecular formula is C24H24Br2N2O9. The highest BCUT2D eigenvalue weighted by Crippen LogP contribution is 2.44. The average Bonchev–Trinajstić information content (AvgIpc) is 3.44. The molecule has 1 aromatic carbocycles. The van der Waals surface area contributed by atoms with Crippen molar-refractivity contribution < 1.29 is 42.5 Å². The van der Waals surface area contributed by atoms with E-state index in [1.54, 1.807) is 26.8 Å². The standard InChI is InChI=1S/C24H24Br2N2O9/c1-5-34-17-10-13(18(25)19(26)20(17)36-12(3)22(30)35-6-2)9-15-21(29)28(24(32)27-15)11-14-7-8-16(37-14)23(31)33-4/h7-10,12H,5-6,11H2,1-4H3,(H,27,32)/b15-9-/t12-/m0/s1. The Kier molecular flexibility index (Phi) is 9.38. The molecular weight excluding hydrogens is 620 g/mol. The van der Waals surface area contributed by atoms with Crippen LogP contribution >= 0.6 is 31.9 Å². The maximum Gasteiger partial charge on any atom is 0.373 e. The molecule has 11 nitrogen and oxygen atoms in total. The van der Waals surface area contributed by atoms with Gasteiger partial charge in [0.05, 0.1) is 31.3 Å². The second-order valence-electron chi connectivity index (χ2n) is 7.50. The van der Waals surface area contributed by atoms with E-state index in [1.165, 1.54) is 25.3 Å². The summed E-state index contributed by atoms with van der Waals surface area (Å²) in [5, 5.41) is 2.53. The van der Waals surface area contributed by atoms with Crippen molar-refractivity contribution in [2.45, 2.75) is 33.4 Å². The van der Waals surface area contributed by atoms with Gasteiger partial charge in [-0.2, -0.15) is 0 Å². The van der Waals surface area contributed by atoms with Crippen LogP contribution in [0.5, 0.6) is 11.5 Å². The second kappa shape index (κ2) is 12.3. The van der Waals surface area contributed by atoms with Gasteiger partial charge >= 0.3 is 18.0 Å². The minimum atomic E-state index is -0.905. The van der Waals surface area contributed by atoms with Gasteiger partial charge in [0.1, 0.15) is 11.5 Å². The highest BCUT2D eigenvalue weighted by atomic mass is 79.9. The first-order valence-corrected chi connectivity index (χ1v) is 12.7. The van der Waals surface area contributed by atoms with Gasteiger partial charge in [0, 0.05) is 4.47 Å². The number of halogens is 2. The lowest BCUT2D eigenvalue weighted by Crippen LogP contribution is -2.30. The molecule has 1 aromatic heterocycles. The van der Waals surface area contributed by atoms with Crippen molar-refractivity contribution >= 4 is 61.8 Å². The lowest BCUT2D eigenvalue weighted by atomic mass is 10.1. The van der Waals surface area contributed by atoms with E-state index in [-0.39, 0.29) is 36.1 Å². The number of urea groups is 1. The van der Waals surface area contributed by atoms with Crippen LogP contribution in [0, 0.1) is 0 Å². The van der Waals surface area contributed by atoms with Crippen LogP contribution in [0.2, 0.25) is 0 Å². The fourth-order valence-corrected chi connectivity index (χ4v) is 4.19. The van der Waals surface area contributed by atoms with Gasteiger partial charge in [0.15, 0.2) is 17.6 Å². The van der Waals surface area contributed by atoms with Crippen molar-refractivity contribution in [1.29, 1.82) is 0 Å². The SMILES string of the molecule is CCOC(=O)[C@H](C)Oc1c(OCC)cc(/C=C2\NC(=O)N(Cc3ccc(C(=O)OC)o3)C2=O)c(Br)c1Br. The third kappa shape index (κ3) is 6.34. The summed E-state index contributed by atoms with van der Waals surface area (Å²) in [6.07, 6.45) is 0.565. The summed E-state index contributed by atoms with van der Waals surface area (Å²) in [5.74, 6) is -1.05. The number of nitrogens with one attached hydrogen (secondary N) is 1. The van der Waals surface area contributed by atoms with Gasteiger partial charge in [-0.05, 0) is 82.5 Å². The van der Waals surface area contributed by atoms with E-state index < -0.39 is 30.0 Å². The van der Waals surface area contributed by atoms with E-state index in [9.17, 15) is 19.2 Å². The average molecular weight is 644 g/mol. The first-order valence-electron chi connectivity index (χ1n) is 11.1. The van der Waals surface area contributed by atoms with E-state index in [0.717, 1.165) is 4.90 Å². The van der Waals surface area contributed by atoms with Gasteiger partial charge in [-0.25, -0.2) is 14.4 Å². The molecule has 3 amide bonds. The van der Waals surface area contributed by atoms with Crippen LogP contribution in [0.3, 0.4) is 0 Å². The monoisotopic (exact) mass is 642 g/mol. The number of amides is 3. The number of esters is 2. The number of benzene rings is 1. The molecule has 1 saturated heterocycles. The Balaban J connectivity index is 1.88. The van der Waals surface area contributed by atoms with Gasteiger partial charge in [0.2, 0.25) is 5.76 Å². The number of carbonyl (C=O) groups is 4. The number of hydrogen-bond donors (Lipinski definition) is 1. The van der Waals surface area contributed by atoms with Crippen molar-refractivity contribution in [2.24, 2.45) is 0 Å². The van der Waals surface area contributed by atoms with E-state index in [1.807, 2.05) is 0 Å². The largest absolute Gasteiger partial charge is 0.490 e. The van der Waals surface area contributed by atoms with Gasteiger partial charge in [-0.15, -0.1) is 0 Å². The highest BCUT2D eigenvalue weighted by molar-refractivity contribution is 9.13. The Morgan fingerprint density at radius 3 is 2.54 bits per heavy atom. The molecule has 13 heteroatoms. The smallest absolute Gasteiger partial charge is 0.373 e. The molecule has 2 heterocycles. The summed E-state index contributed by atoms with van der Waals surface area (Å²) < 4.78 is 27.4. The highest BCUT2D eigenvalue weighted by Gasteiger charge is 2.35. The quantitative estimate of drug-likeness (QED) is 0.227. The van der Waals surface area contributed by atoms with Crippen molar-refractivity contribution in [2.75, 3.05) is 20.3 Å². The molecule has 0 saturated carbocycles. The van der Waals surface area contributed by atoms with Crippen molar-refractivity contribution in [3.63, 3.8) is 0 Å². The predicted octanol–water partition coefficient (Wildman–Crippen LogP) is 4.41. The first-order chi connectivity index (χ1) is 17.6. The predicted molar refractivity (Wildman–Crippen MR) is 137 cm³/mol. The number of hydrogen-bond acceptors (Lipinski definition) is 9. The first kappa shape index (κ1) is 28.3. The Morgan fingerprint density at radius 1 is 1.16 bits per heavy atom. The zero-order chi connectivity index (χ0) is 27.3. The Labute approximate surface area is 229 Å². The molecule has 0 spiro atoms. The molecule has 0 unspecified atom stereocenters. The van der Waals surface area contributed by atoms with Crippen LogP contribution in [-0.2, 0) is 25.6 Å². The summed E-state index contributed by atoms with van der Waals surface area (Å²) in [4.78, 5) is 50.1. The van der Waals surface area contributed by atoms with E-state index in [2.05, 4.69) is 41.9 Å². The fraction of sp³-hybridized carbons (Fsp3) is 0.333. The maximum absolute atomic E-state index is 13.0. The minimum absolute atomic E-state index is 0.00774. The number of rotatable bonds is 10. The zero-order valence-corrected chi connectivity index (χ0v) is 23.6. The minimum Gasteiger partial charge on any atom is -0.490 e. The zero-order valence-electron chi connectivity index (χ0n) is 20.4. The van der Waals surface area contributed by atoms with E-state index in [0.29, 0.717) is 26.9 Å². The summed E-state index contributed by atoms with van der Waals surface area (Å²) in [6, 6.07) is 3.82. The Hall–Kier alpha value is -3.32. The molecule has 0 bridgehead atoms. The second-order valence-corrected chi connectivity index (χ2v) is 9.09. The van der Waals surface area contributed by atoms with Crippen molar-refractivity contribution in [1.82, 2.24) is 10.2 Å². The molecule has 3 rings (SSSR count). The van der Waals surface area contributed by atoms with Gasteiger partial charge in [-0.3, -0.25) is 9.69 Å². The van der Waals surface area contributed by atoms with E-state index >= 15 is 0 Å². The van der Waals surface area contributed by atoms with Crippen molar-refractivity contribution in [3.8, 4) is 11.5 Å². The van der Waals surface area contributed by atoms with Crippen LogP contribution in [0.1, 0.15) is 42.6 Å². The molecule has 1 fully saturated rings. The number of nitrogens with zero attached hydrogens (tertiary/aromatic N) is 1. The van der Waals surface area contributed by atoms with Gasteiger partial charge < -0.3 is 28.7 Å². The maximum atomic E-state index is 13.0. The number of ether oxygens (including phenoxy) is 4. The van der Waals surface area contributed by atoms with Gasteiger partial charge in [0.25, 0.3) is 5.91 Å². The molecule has 0 aliphatic carbocycles. The summed E-state index contributed by atoms with van der Waals surface area (Å²) in [7, 11) is 1.21. The number of carbonyl (C=O) groups excluding carboxylic acids is 4. The third-order valence-electron chi connectivity index (χ3n) is 4.99. The van der Waals surface area contributed by atoms with Crippen LogP contribution in [0.4, 0.5) is 4.79 Å². The molecule has 198 valence electrons.